The normalized spacial score (nSPS) is 15.0. The van der Waals surface area contributed by atoms with Gasteiger partial charge in [-0.2, -0.15) is 4.31 Å². The molecule has 0 spiro atoms. The van der Waals surface area contributed by atoms with Crippen molar-refractivity contribution >= 4 is 44.1 Å². The van der Waals surface area contributed by atoms with E-state index in [1.807, 2.05) is 12.1 Å². The minimum atomic E-state index is -3.66. The lowest BCUT2D eigenvalue weighted by molar-refractivity contribution is 0.0698. The van der Waals surface area contributed by atoms with Crippen molar-refractivity contribution in [3.63, 3.8) is 0 Å². The molecular formula is C24H25ClN4O3S. The summed E-state index contributed by atoms with van der Waals surface area (Å²) in [6.45, 7) is 1.13. The van der Waals surface area contributed by atoms with Crippen LogP contribution >= 0.6 is 11.6 Å². The molecule has 33 heavy (non-hydrogen) atoms. The molecule has 7 nitrogen and oxygen atoms in total. The highest BCUT2D eigenvalue weighted by atomic mass is 35.5. The number of nitrogens with one attached hydrogen (secondary N) is 1. The van der Waals surface area contributed by atoms with E-state index in [9.17, 15) is 13.2 Å². The van der Waals surface area contributed by atoms with Gasteiger partial charge in [0.1, 0.15) is 0 Å². The Morgan fingerprint density at radius 3 is 2.24 bits per heavy atom. The summed E-state index contributed by atoms with van der Waals surface area (Å²) >= 11 is 6.02. The Kier molecular flexibility index (Phi) is 6.69. The van der Waals surface area contributed by atoms with Crippen LogP contribution in [-0.2, 0) is 16.4 Å². The highest BCUT2D eigenvalue weighted by Crippen LogP contribution is 2.25. The maximum absolute atomic E-state index is 13.2. The molecule has 1 aliphatic heterocycles. The molecule has 0 aromatic heterocycles. The topological polar surface area (TPSA) is 108 Å². The molecule has 0 radical (unpaired) electrons. The van der Waals surface area contributed by atoms with E-state index < -0.39 is 10.0 Å². The van der Waals surface area contributed by atoms with E-state index in [4.69, 9.17) is 22.7 Å². The first-order valence-corrected chi connectivity index (χ1v) is 12.5. The van der Waals surface area contributed by atoms with Crippen LogP contribution < -0.4 is 5.73 Å². The van der Waals surface area contributed by atoms with Crippen LogP contribution in [-0.4, -0.2) is 55.5 Å². The molecule has 0 atom stereocenters. The quantitative estimate of drug-likeness (QED) is 0.412. The Morgan fingerprint density at radius 2 is 1.58 bits per heavy atom. The highest BCUT2D eigenvalue weighted by molar-refractivity contribution is 7.89. The fourth-order valence-electron chi connectivity index (χ4n) is 3.91. The summed E-state index contributed by atoms with van der Waals surface area (Å²) in [5.74, 6) is 0.0174. The number of amides is 1. The van der Waals surface area contributed by atoms with Gasteiger partial charge >= 0.3 is 0 Å². The van der Waals surface area contributed by atoms with E-state index in [2.05, 4.69) is 0 Å². The van der Waals surface area contributed by atoms with Crippen molar-refractivity contribution in [2.75, 3.05) is 26.2 Å². The largest absolute Gasteiger partial charge is 0.388 e. The number of benzene rings is 3. The van der Waals surface area contributed by atoms with E-state index in [0.717, 1.165) is 16.3 Å². The molecule has 1 fully saturated rings. The van der Waals surface area contributed by atoms with Gasteiger partial charge in [-0.3, -0.25) is 10.2 Å². The molecule has 1 heterocycles. The highest BCUT2D eigenvalue weighted by Gasteiger charge is 2.30. The molecule has 4 rings (SSSR count). The lowest BCUT2D eigenvalue weighted by atomic mass is 10.1. The number of carbonyl (C=O) groups excluding carboxylic acids is 1. The van der Waals surface area contributed by atoms with Gasteiger partial charge in [-0.25, -0.2) is 8.42 Å². The number of sulfonamides is 1. The van der Waals surface area contributed by atoms with E-state index in [1.54, 1.807) is 53.4 Å². The number of piperazine rings is 1. The molecule has 0 saturated carbocycles. The summed E-state index contributed by atoms with van der Waals surface area (Å²) in [5.41, 5.74) is 6.97. The predicted octanol–water partition coefficient (Wildman–Crippen LogP) is 3.51. The molecule has 1 amide bonds. The van der Waals surface area contributed by atoms with E-state index in [0.29, 0.717) is 36.5 Å². The minimum absolute atomic E-state index is 0.118. The number of nitrogens with two attached hydrogens (primary N) is 1. The second-order valence-electron chi connectivity index (χ2n) is 8.07. The molecule has 0 aliphatic carbocycles. The van der Waals surface area contributed by atoms with Crippen molar-refractivity contribution in [1.29, 1.82) is 5.41 Å². The van der Waals surface area contributed by atoms with Crippen LogP contribution in [0.4, 0.5) is 0 Å². The monoisotopic (exact) mass is 484 g/mol. The summed E-state index contributed by atoms with van der Waals surface area (Å²) in [6, 6.07) is 17.6. The second kappa shape index (κ2) is 9.51. The fourth-order valence-corrected chi connectivity index (χ4v) is 5.55. The first-order chi connectivity index (χ1) is 15.7. The van der Waals surface area contributed by atoms with E-state index >= 15 is 0 Å². The maximum Gasteiger partial charge on any atom is 0.253 e. The van der Waals surface area contributed by atoms with Crippen LogP contribution in [0.3, 0.4) is 0 Å². The third-order valence-electron chi connectivity index (χ3n) is 5.82. The Hall–Kier alpha value is -2.94. The zero-order chi connectivity index (χ0) is 23.6. The van der Waals surface area contributed by atoms with Crippen molar-refractivity contribution in [1.82, 2.24) is 9.21 Å². The SMILES string of the molecule is N=C(N)CCc1ccc(C(=O)N2CCN(S(=O)(=O)c3ccc4cc(Cl)ccc4c3)CC2)cc1. The molecule has 1 saturated heterocycles. The van der Waals surface area contributed by atoms with Crippen molar-refractivity contribution in [3.05, 3.63) is 76.8 Å². The molecule has 172 valence electrons. The molecule has 3 aromatic carbocycles. The molecular weight excluding hydrogens is 460 g/mol. The van der Waals surface area contributed by atoms with Crippen LogP contribution in [0.2, 0.25) is 5.02 Å². The van der Waals surface area contributed by atoms with Crippen LogP contribution in [0.1, 0.15) is 22.3 Å². The third-order valence-corrected chi connectivity index (χ3v) is 7.95. The first kappa shape index (κ1) is 23.2. The smallest absolute Gasteiger partial charge is 0.253 e. The predicted molar refractivity (Wildman–Crippen MR) is 130 cm³/mol. The van der Waals surface area contributed by atoms with Gasteiger partial charge in [-0.05, 0) is 59.2 Å². The van der Waals surface area contributed by atoms with Gasteiger partial charge in [0.15, 0.2) is 0 Å². The summed E-state index contributed by atoms with van der Waals surface area (Å²) in [4.78, 5) is 14.8. The number of halogens is 1. The van der Waals surface area contributed by atoms with Gasteiger partial charge in [0.2, 0.25) is 10.0 Å². The number of carbonyl (C=O) groups is 1. The Labute approximate surface area is 198 Å². The van der Waals surface area contributed by atoms with Crippen molar-refractivity contribution < 1.29 is 13.2 Å². The Bertz CT molecular complexity index is 1300. The van der Waals surface area contributed by atoms with Crippen LogP contribution in [0.15, 0.2) is 65.6 Å². The second-order valence-corrected chi connectivity index (χ2v) is 10.4. The van der Waals surface area contributed by atoms with Gasteiger partial charge in [0.25, 0.3) is 5.91 Å². The average molecular weight is 485 g/mol. The van der Waals surface area contributed by atoms with E-state index in [-0.39, 0.29) is 29.7 Å². The molecule has 3 aromatic rings. The van der Waals surface area contributed by atoms with Gasteiger partial charge in [-0.15, -0.1) is 0 Å². The van der Waals surface area contributed by atoms with Crippen LogP contribution in [0, 0.1) is 5.41 Å². The Balaban J connectivity index is 1.41. The number of hydrogen-bond acceptors (Lipinski definition) is 4. The van der Waals surface area contributed by atoms with Gasteiger partial charge in [0.05, 0.1) is 10.7 Å². The number of aryl methyl sites for hydroxylation is 1. The molecule has 3 N–H and O–H groups in total. The first-order valence-electron chi connectivity index (χ1n) is 10.6. The zero-order valence-corrected chi connectivity index (χ0v) is 19.6. The van der Waals surface area contributed by atoms with Gasteiger partial charge in [0, 0.05) is 43.2 Å². The Morgan fingerprint density at radius 1 is 0.939 bits per heavy atom. The summed E-state index contributed by atoms with van der Waals surface area (Å²) < 4.78 is 27.8. The summed E-state index contributed by atoms with van der Waals surface area (Å²) in [7, 11) is -3.66. The lowest BCUT2D eigenvalue weighted by Crippen LogP contribution is -2.50. The maximum atomic E-state index is 13.2. The number of amidine groups is 1. The summed E-state index contributed by atoms with van der Waals surface area (Å²) in [6.07, 6.45) is 1.14. The zero-order valence-electron chi connectivity index (χ0n) is 18.0. The third kappa shape index (κ3) is 5.19. The minimum Gasteiger partial charge on any atom is -0.388 e. The summed E-state index contributed by atoms with van der Waals surface area (Å²) in [5, 5.41) is 9.60. The van der Waals surface area contributed by atoms with Crippen LogP contribution in [0.5, 0.6) is 0 Å². The molecule has 1 aliphatic rings. The molecule has 9 heteroatoms. The lowest BCUT2D eigenvalue weighted by Gasteiger charge is -2.34. The van der Waals surface area contributed by atoms with Gasteiger partial charge < -0.3 is 10.6 Å². The number of rotatable bonds is 6. The molecule has 0 bridgehead atoms. The molecule has 0 unspecified atom stereocenters. The fraction of sp³-hybridized carbons (Fsp3) is 0.250. The van der Waals surface area contributed by atoms with Crippen LogP contribution in [0.25, 0.3) is 10.8 Å². The average Bonchev–Trinajstić information content (AvgIpc) is 2.82. The van der Waals surface area contributed by atoms with Crippen molar-refractivity contribution in [2.24, 2.45) is 5.73 Å². The van der Waals surface area contributed by atoms with Crippen molar-refractivity contribution in [3.8, 4) is 0 Å². The van der Waals surface area contributed by atoms with Crippen molar-refractivity contribution in [2.45, 2.75) is 17.7 Å². The standard InChI is InChI=1S/C24H25ClN4O3S/c25-21-8-6-20-16-22(9-7-19(20)15-21)33(31,32)29-13-11-28(12-14-29)24(30)18-4-1-17(2-5-18)3-10-23(26)27/h1-2,4-9,15-16H,3,10-14H2,(H3,26,27). The number of hydrogen-bond donors (Lipinski definition) is 2. The van der Waals surface area contributed by atoms with E-state index in [1.165, 1.54) is 4.31 Å². The van der Waals surface area contributed by atoms with Gasteiger partial charge in [-0.1, -0.05) is 35.9 Å². The number of nitrogens with zero attached hydrogens (tertiary/aromatic N) is 2. The number of fused-ring (bicyclic) bond motifs is 1.